The number of anilines is 2. The van der Waals surface area contributed by atoms with Crippen molar-refractivity contribution in [2.45, 2.75) is 17.4 Å². The summed E-state index contributed by atoms with van der Waals surface area (Å²) in [5.74, 6) is -1.09. The van der Waals surface area contributed by atoms with E-state index >= 15 is 0 Å². The zero-order chi connectivity index (χ0) is 27.6. The van der Waals surface area contributed by atoms with Crippen LogP contribution in [0.4, 0.5) is 15.8 Å². The van der Waals surface area contributed by atoms with Crippen molar-refractivity contribution in [1.29, 1.82) is 0 Å². The average molecular weight is 608 g/mol. The fraction of sp³-hybridized carbons (Fsp3) is 0.103. The van der Waals surface area contributed by atoms with Gasteiger partial charge in [0, 0.05) is 21.4 Å². The molecule has 2 amide bonds. The Morgan fingerprint density at radius 2 is 1.67 bits per heavy atom. The lowest BCUT2D eigenvalue weighted by Gasteiger charge is -2.31. The number of benzene rings is 4. The molecule has 0 spiro atoms. The highest BCUT2D eigenvalue weighted by Crippen LogP contribution is 2.37. The Labute approximate surface area is 233 Å². The largest absolute Gasteiger partial charge is 0.324 e. The SMILES string of the molecule is O=C1CN(C(=O)Cc2ccc(NS(=O)(=O)c3ccc(F)cc3)cc2)C(c2ccccc2)c2cc(Br)ccc2N1. The molecular formula is C29H23BrFN3O4S. The monoisotopic (exact) mass is 607 g/mol. The second-order valence-electron chi connectivity index (χ2n) is 9.05. The molecule has 5 rings (SSSR count). The number of amides is 2. The maximum atomic E-state index is 13.7. The van der Waals surface area contributed by atoms with Crippen LogP contribution in [0.3, 0.4) is 0 Å². The van der Waals surface area contributed by atoms with E-state index in [1.54, 1.807) is 29.2 Å². The van der Waals surface area contributed by atoms with E-state index in [1.807, 2.05) is 48.5 Å². The molecule has 1 atom stereocenters. The number of fused-ring (bicyclic) bond motifs is 1. The topological polar surface area (TPSA) is 95.6 Å². The van der Waals surface area contributed by atoms with Gasteiger partial charge in [0.05, 0.1) is 17.4 Å². The summed E-state index contributed by atoms with van der Waals surface area (Å²) in [5, 5.41) is 2.90. The molecule has 39 heavy (non-hydrogen) atoms. The Morgan fingerprint density at radius 3 is 2.36 bits per heavy atom. The summed E-state index contributed by atoms with van der Waals surface area (Å²) in [5.41, 5.74) is 3.25. The van der Waals surface area contributed by atoms with E-state index in [1.165, 1.54) is 12.1 Å². The number of carbonyl (C=O) groups excluding carboxylic acids is 2. The maximum absolute atomic E-state index is 13.7. The van der Waals surface area contributed by atoms with Gasteiger partial charge in [-0.3, -0.25) is 14.3 Å². The molecule has 1 unspecified atom stereocenters. The highest BCUT2D eigenvalue weighted by Gasteiger charge is 2.33. The highest BCUT2D eigenvalue weighted by atomic mass is 79.9. The molecule has 0 saturated heterocycles. The standard InChI is InChI=1S/C29H23BrFN3O4S/c30-21-8-15-26-25(17-21)29(20-4-2-1-3-5-20)34(18-27(35)32-26)28(36)16-19-6-11-23(12-7-19)33-39(37,38)24-13-9-22(31)10-14-24/h1-15,17,29,33H,16,18H2,(H,32,35). The van der Waals surface area contributed by atoms with Gasteiger partial charge in [-0.15, -0.1) is 0 Å². The fourth-order valence-corrected chi connectivity index (χ4v) is 5.94. The van der Waals surface area contributed by atoms with Gasteiger partial charge in [-0.05, 0) is 65.7 Å². The summed E-state index contributed by atoms with van der Waals surface area (Å²) in [4.78, 5) is 27.9. The lowest BCUT2D eigenvalue weighted by atomic mass is 9.95. The average Bonchev–Trinajstić information content (AvgIpc) is 3.06. The van der Waals surface area contributed by atoms with Crippen molar-refractivity contribution < 1.29 is 22.4 Å². The Hall–Kier alpha value is -4.02. The molecule has 0 aliphatic carbocycles. The molecule has 10 heteroatoms. The molecule has 1 heterocycles. The molecule has 4 aromatic carbocycles. The van der Waals surface area contributed by atoms with Crippen LogP contribution >= 0.6 is 15.9 Å². The summed E-state index contributed by atoms with van der Waals surface area (Å²) < 4.78 is 41.7. The molecule has 7 nitrogen and oxygen atoms in total. The minimum atomic E-state index is -3.90. The van der Waals surface area contributed by atoms with Crippen LogP contribution in [0.2, 0.25) is 0 Å². The van der Waals surface area contributed by atoms with E-state index in [2.05, 4.69) is 26.0 Å². The number of hydrogen-bond acceptors (Lipinski definition) is 4. The predicted molar refractivity (Wildman–Crippen MR) is 150 cm³/mol. The van der Waals surface area contributed by atoms with Gasteiger partial charge in [-0.2, -0.15) is 0 Å². The van der Waals surface area contributed by atoms with Crippen LogP contribution in [-0.2, 0) is 26.0 Å². The van der Waals surface area contributed by atoms with Gasteiger partial charge in [0.15, 0.2) is 0 Å². The molecule has 2 N–H and O–H groups in total. The number of halogens is 2. The smallest absolute Gasteiger partial charge is 0.261 e. The molecule has 4 aromatic rings. The molecule has 0 bridgehead atoms. The molecule has 1 aliphatic heterocycles. The van der Waals surface area contributed by atoms with Gasteiger partial charge in [0.1, 0.15) is 12.4 Å². The predicted octanol–water partition coefficient (Wildman–Crippen LogP) is 5.50. The van der Waals surface area contributed by atoms with Crippen molar-refractivity contribution in [2.24, 2.45) is 0 Å². The summed E-state index contributed by atoms with van der Waals surface area (Å²) in [6.45, 7) is -0.125. The van der Waals surface area contributed by atoms with Crippen molar-refractivity contribution >= 4 is 49.1 Å². The third-order valence-corrected chi connectivity index (χ3v) is 8.22. The summed E-state index contributed by atoms with van der Waals surface area (Å²) in [7, 11) is -3.90. The number of carbonyl (C=O) groups is 2. The zero-order valence-corrected chi connectivity index (χ0v) is 22.9. The first-order chi connectivity index (χ1) is 18.7. The van der Waals surface area contributed by atoms with Gasteiger partial charge in [-0.25, -0.2) is 12.8 Å². The number of sulfonamides is 1. The van der Waals surface area contributed by atoms with E-state index in [4.69, 9.17) is 0 Å². The van der Waals surface area contributed by atoms with Gasteiger partial charge in [-0.1, -0.05) is 58.4 Å². The molecule has 0 fully saturated rings. The van der Waals surface area contributed by atoms with Crippen molar-refractivity contribution in [3.05, 3.63) is 124 Å². The Kier molecular flexibility index (Phi) is 7.49. The summed E-state index contributed by atoms with van der Waals surface area (Å²) >= 11 is 3.51. The first kappa shape index (κ1) is 26.6. The molecular weight excluding hydrogens is 585 g/mol. The van der Waals surface area contributed by atoms with Crippen LogP contribution in [0.1, 0.15) is 22.7 Å². The van der Waals surface area contributed by atoms with Gasteiger partial charge >= 0.3 is 0 Å². The van der Waals surface area contributed by atoms with E-state index in [-0.39, 0.29) is 29.7 Å². The molecule has 198 valence electrons. The van der Waals surface area contributed by atoms with Gasteiger partial charge in [0.25, 0.3) is 10.0 Å². The lowest BCUT2D eigenvalue weighted by molar-refractivity contribution is -0.135. The van der Waals surface area contributed by atoms with Crippen molar-refractivity contribution in [1.82, 2.24) is 4.90 Å². The normalized spacial score (nSPS) is 15.2. The van der Waals surface area contributed by atoms with Crippen molar-refractivity contribution in [3.63, 3.8) is 0 Å². The zero-order valence-electron chi connectivity index (χ0n) is 20.5. The van der Waals surface area contributed by atoms with Crippen LogP contribution in [0.5, 0.6) is 0 Å². The Balaban J connectivity index is 1.39. The summed E-state index contributed by atoms with van der Waals surface area (Å²) in [6, 6.07) is 25.5. The number of hydrogen-bond donors (Lipinski definition) is 2. The third kappa shape index (κ3) is 6.02. The fourth-order valence-electron chi connectivity index (χ4n) is 4.50. The Bertz CT molecular complexity index is 1630. The minimum absolute atomic E-state index is 0.00490. The first-order valence-electron chi connectivity index (χ1n) is 12.0. The lowest BCUT2D eigenvalue weighted by Crippen LogP contribution is -2.39. The van der Waals surface area contributed by atoms with Crippen LogP contribution in [-0.4, -0.2) is 31.7 Å². The quantitative estimate of drug-likeness (QED) is 0.302. The van der Waals surface area contributed by atoms with E-state index < -0.39 is 21.9 Å². The number of rotatable bonds is 6. The second-order valence-corrected chi connectivity index (χ2v) is 11.6. The summed E-state index contributed by atoms with van der Waals surface area (Å²) in [6.07, 6.45) is 0.00490. The first-order valence-corrected chi connectivity index (χ1v) is 14.3. The maximum Gasteiger partial charge on any atom is 0.261 e. The van der Waals surface area contributed by atoms with Crippen LogP contribution < -0.4 is 10.0 Å². The molecule has 1 aliphatic rings. The number of nitrogens with zero attached hydrogens (tertiary/aromatic N) is 1. The van der Waals surface area contributed by atoms with Crippen molar-refractivity contribution in [3.8, 4) is 0 Å². The van der Waals surface area contributed by atoms with Crippen LogP contribution in [0.25, 0.3) is 0 Å². The van der Waals surface area contributed by atoms with E-state index in [0.29, 0.717) is 16.9 Å². The molecule has 0 radical (unpaired) electrons. The van der Waals surface area contributed by atoms with Crippen LogP contribution in [0, 0.1) is 5.82 Å². The van der Waals surface area contributed by atoms with Crippen molar-refractivity contribution in [2.75, 3.05) is 16.6 Å². The van der Waals surface area contributed by atoms with E-state index in [0.717, 1.165) is 27.7 Å². The van der Waals surface area contributed by atoms with Gasteiger partial charge < -0.3 is 10.2 Å². The highest BCUT2D eigenvalue weighted by molar-refractivity contribution is 9.10. The number of nitrogens with one attached hydrogen (secondary N) is 2. The van der Waals surface area contributed by atoms with E-state index in [9.17, 15) is 22.4 Å². The second kappa shape index (κ2) is 11.0. The minimum Gasteiger partial charge on any atom is -0.324 e. The molecule has 0 saturated carbocycles. The Morgan fingerprint density at radius 1 is 0.974 bits per heavy atom. The van der Waals surface area contributed by atoms with Gasteiger partial charge in [0.2, 0.25) is 11.8 Å². The molecule has 0 aromatic heterocycles. The van der Waals surface area contributed by atoms with Crippen LogP contribution in [0.15, 0.2) is 106 Å². The third-order valence-electron chi connectivity index (χ3n) is 6.33.